The number of ether oxygens (including phenoxy) is 1. The number of urea groups is 1. The smallest absolute Gasteiger partial charge is 0.322 e. The van der Waals surface area contributed by atoms with Gasteiger partial charge >= 0.3 is 6.03 Å². The molecule has 0 spiro atoms. The topological polar surface area (TPSA) is 76.5 Å². The van der Waals surface area contributed by atoms with Gasteiger partial charge in [-0.05, 0) is 43.7 Å². The van der Waals surface area contributed by atoms with Crippen molar-refractivity contribution < 1.29 is 9.53 Å². The molecule has 0 saturated carbocycles. The highest BCUT2D eigenvalue weighted by Crippen LogP contribution is 2.23. The maximum Gasteiger partial charge on any atom is 0.322 e. The molecule has 0 radical (unpaired) electrons. The molecule has 158 valence electrons. The van der Waals surface area contributed by atoms with Crippen molar-refractivity contribution in [3.05, 3.63) is 69.2 Å². The Morgan fingerprint density at radius 3 is 2.73 bits per heavy atom. The maximum absolute atomic E-state index is 13.1. The number of hydrogen-bond acceptors (Lipinski definition) is 4. The first-order valence-corrected chi connectivity index (χ1v) is 9.99. The fourth-order valence-electron chi connectivity index (χ4n) is 3.33. The molecule has 7 nitrogen and oxygen atoms in total. The molecule has 0 aliphatic carbocycles. The Bertz CT molecular complexity index is 1130. The summed E-state index contributed by atoms with van der Waals surface area (Å²) in [5.41, 5.74) is 2.01. The van der Waals surface area contributed by atoms with Crippen LogP contribution < -0.4 is 10.9 Å². The summed E-state index contributed by atoms with van der Waals surface area (Å²) in [6.45, 7) is 4.46. The minimum absolute atomic E-state index is 0.213. The molecule has 2 aromatic carbocycles. The van der Waals surface area contributed by atoms with Crippen molar-refractivity contribution in [3.8, 4) is 0 Å². The van der Waals surface area contributed by atoms with E-state index in [1.165, 1.54) is 4.57 Å². The number of aryl methyl sites for hydroxylation is 1. The number of methoxy groups -OCH3 is 1. The van der Waals surface area contributed by atoms with Gasteiger partial charge in [0.1, 0.15) is 5.82 Å². The fraction of sp³-hybridized carbons (Fsp3) is 0.318. The summed E-state index contributed by atoms with van der Waals surface area (Å²) in [5, 5.41) is 3.86. The first-order valence-electron chi connectivity index (χ1n) is 9.62. The predicted molar refractivity (Wildman–Crippen MR) is 119 cm³/mol. The summed E-state index contributed by atoms with van der Waals surface area (Å²) in [6, 6.07) is 11.8. The van der Waals surface area contributed by atoms with E-state index in [0.29, 0.717) is 34.9 Å². The summed E-state index contributed by atoms with van der Waals surface area (Å²) >= 11 is 6.03. The molecule has 2 amide bonds. The lowest BCUT2D eigenvalue weighted by Gasteiger charge is -2.30. The molecular weight excluding hydrogens is 404 g/mol. The third kappa shape index (κ3) is 4.47. The second kappa shape index (κ2) is 9.28. The van der Waals surface area contributed by atoms with Crippen molar-refractivity contribution in [1.82, 2.24) is 14.5 Å². The molecule has 0 fully saturated rings. The standard InChI is InChI=1S/C22H25ClN4O3/c1-14-7-5-6-8-18(14)25-22(29)27(11-12-30-4)15(2)20-24-19-10-9-16(23)13-17(19)21(28)26(20)3/h5-10,13,15H,11-12H2,1-4H3,(H,25,29). The Hall–Kier alpha value is -2.90. The van der Waals surface area contributed by atoms with Gasteiger partial charge in [-0.15, -0.1) is 0 Å². The normalized spacial score (nSPS) is 12.0. The Kier molecular flexibility index (Phi) is 6.74. The number of benzene rings is 2. The van der Waals surface area contributed by atoms with Crippen molar-refractivity contribution in [3.63, 3.8) is 0 Å². The van der Waals surface area contributed by atoms with Crippen LogP contribution in [0.5, 0.6) is 0 Å². The average Bonchev–Trinajstić information content (AvgIpc) is 2.73. The number of nitrogens with zero attached hydrogens (tertiary/aromatic N) is 3. The number of carbonyl (C=O) groups is 1. The van der Waals surface area contributed by atoms with Crippen LogP contribution >= 0.6 is 11.6 Å². The van der Waals surface area contributed by atoms with E-state index in [4.69, 9.17) is 16.3 Å². The number of hydrogen-bond donors (Lipinski definition) is 1. The van der Waals surface area contributed by atoms with Crippen LogP contribution in [0.25, 0.3) is 10.9 Å². The van der Waals surface area contributed by atoms with Gasteiger partial charge in [0.05, 0.1) is 23.6 Å². The number of anilines is 1. The SMILES string of the molecule is COCCN(C(=O)Nc1ccccc1C)C(C)c1nc2ccc(Cl)cc2c(=O)n1C. The second-order valence-electron chi connectivity index (χ2n) is 7.10. The van der Waals surface area contributed by atoms with Gasteiger partial charge in [0.25, 0.3) is 5.56 Å². The van der Waals surface area contributed by atoms with E-state index in [-0.39, 0.29) is 11.6 Å². The third-order valence-corrected chi connectivity index (χ3v) is 5.33. The Labute approximate surface area is 180 Å². The van der Waals surface area contributed by atoms with Gasteiger partial charge in [0, 0.05) is 31.4 Å². The zero-order valence-electron chi connectivity index (χ0n) is 17.5. The molecule has 30 heavy (non-hydrogen) atoms. The number of nitrogens with one attached hydrogen (secondary N) is 1. The van der Waals surface area contributed by atoms with Crippen LogP contribution in [0.15, 0.2) is 47.3 Å². The number of rotatable bonds is 6. The Morgan fingerprint density at radius 1 is 1.30 bits per heavy atom. The third-order valence-electron chi connectivity index (χ3n) is 5.10. The number of carbonyl (C=O) groups excluding carboxylic acids is 1. The zero-order chi connectivity index (χ0) is 21.8. The van der Waals surface area contributed by atoms with E-state index in [9.17, 15) is 9.59 Å². The second-order valence-corrected chi connectivity index (χ2v) is 7.54. The highest BCUT2D eigenvalue weighted by molar-refractivity contribution is 6.31. The van der Waals surface area contributed by atoms with Crippen molar-refractivity contribution in [2.45, 2.75) is 19.9 Å². The van der Waals surface area contributed by atoms with E-state index in [0.717, 1.165) is 11.3 Å². The summed E-state index contributed by atoms with van der Waals surface area (Å²) in [4.78, 5) is 32.3. The fourth-order valence-corrected chi connectivity index (χ4v) is 3.51. The van der Waals surface area contributed by atoms with Gasteiger partial charge in [-0.25, -0.2) is 9.78 Å². The first-order chi connectivity index (χ1) is 14.3. The number of fused-ring (bicyclic) bond motifs is 1. The quantitative estimate of drug-likeness (QED) is 0.640. The van der Waals surface area contributed by atoms with E-state index in [1.807, 2.05) is 38.1 Å². The van der Waals surface area contributed by atoms with E-state index >= 15 is 0 Å². The molecule has 1 aromatic heterocycles. The van der Waals surface area contributed by atoms with E-state index in [2.05, 4.69) is 10.3 Å². The molecule has 1 atom stereocenters. The van der Waals surface area contributed by atoms with Crippen molar-refractivity contribution in [2.75, 3.05) is 25.6 Å². The lowest BCUT2D eigenvalue weighted by Crippen LogP contribution is -2.41. The molecule has 8 heteroatoms. The van der Waals surface area contributed by atoms with Crippen molar-refractivity contribution in [2.24, 2.45) is 7.05 Å². The molecule has 0 saturated heterocycles. The lowest BCUT2D eigenvalue weighted by molar-refractivity contribution is 0.136. The van der Waals surface area contributed by atoms with Crippen LogP contribution in [0.3, 0.4) is 0 Å². The van der Waals surface area contributed by atoms with Crippen LogP contribution in [0, 0.1) is 6.92 Å². The van der Waals surface area contributed by atoms with Crippen LogP contribution in [0.4, 0.5) is 10.5 Å². The first kappa shape index (κ1) is 21.8. The van der Waals surface area contributed by atoms with E-state index < -0.39 is 6.04 Å². The maximum atomic E-state index is 13.1. The molecule has 0 aliphatic rings. The molecule has 3 rings (SSSR count). The van der Waals surface area contributed by atoms with Crippen molar-refractivity contribution >= 4 is 34.2 Å². The highest BCUT2D eigenvalue weighted by atomic mass is 35.5. The summed E-state index contributed by atoms with van der Waals surface area (Å²) in [6.07, 6.45) is 0. The van der Waals surface area contributed by atoms with Gasteiger partial charge < -0.3 is 15.0 Å². The molecule has 1 heterocycles. The van der Waals surface area contributed by atoms with Gasteiger partial charge in [0.2, 0.25) is 0 Å². The van der Waals surface area contributed by atoms with Gasteiger partial charge in [0.15, 0.2) is 0 Å². The van der Waals surface area contributed by atoms with Crippen molar-refractivity contribution in [1.29, 1.82) is 0 Å². The zero-order valence-corrected chi connectivity index (χ0v) is 18.2. The number of amides is 2. The molecule has 0 bridgehead atoms. The highest BCUT2D eigenvalue weighted by Gasteiger charge is 2.25. The number of aromatic nitrogens is 2. The summed E-state index contributed by atoms with van der Waals surface area (Å²) < 4.78 is 6.66. The van der Waals surface area contributed by atoms with Crippen LogP contribution in [0.2, 0.25) is 5.02 Å². The largest absolute Gasteiger partial charge is 0.383 e. The predicted octanol–water partition coefficient (Wildman–Crippen LogP) is 4.14. The summed E-state index contributed by atoms with van der Waals surface area (Å²) in [5.74, 6) is 0.478. The van der Waals surface area contributed by atoms with E-state index in [1.54, 1.807) is 37.3 Å². The van der Waals surface area contributed by atoms with Gasteiger partial charge in [-0.3, -0.25) is 9.36 Å². The molecule has 1 unspecified atom stereocenters. The molecule has 1 N–H and O–H groups in total. The molecular formula is C22H25ClN4O3. The monoisotopic (exact) mass is 428 g/mol. The number of para-hydroxylation sites is 1. The molecule has 3 aromatic rings. The van der Waals surface area contributed by atoms with Crippen LogP contribution in [-0.2, 0) is 11.8 Å². The lowest BCUT2D eigenvalue weighted by atomic mass is 10.2. The van der Waals surface area contributed by atoms with Crippen LogP contribution in [0.1, 0.15) is 24.4 Å². The number of halogens is 1. The average molecular weight is 429 g/mol. The summed E-state index contributed by atoms with van der Waals surface area (Å²) in [7, 11) is 3.23. The van der Waals surface area contributed by atoms with Crippen LogP contribution in [-0.4, -0.2) is 40.7 Å². The Balaban J connectivity index is 1.99. The minimum Gasteiger partial charge on any atom is -0.383 e. The molecule has 0 aliphatic heterocycles. The minimum atomic E-state index is -0.470. The Morgan fingerprint density at radius 2 is 2.03 bits per heavy atom. The van der Waals surface area contributed by atoms with Gasteiger partial charge in [-0.2, -0.15) is 0 Å². The van der Waals surface area contributed by atoms with Gasteiger partial charge in [-0.1, -0.05) is 29.8 Å².